The van der Waals surface area contributed by atoms with Crippen LogP contribution in [0.25, 0.3) is 0 Å². The second kappa shape index (κ2) is 12.4. The third-order valence-corrected chi connectivity index (χ3v) is 4.34. The smallest absolute Gasteiger partial charge is 0.320 e. The van der Waals surface area contributed by atoms with Crippen LogP contribution < -0.4 is 11.5 Å². The first-order valence-electron chi connectivity index (χ1n) is 9.38. The molecule has 0 aliphatic carbocycles. The van der Waals surface area contributed by atoms with Gasteiger partial charge in [-0.2, -0.15) is 0 Å². The van der Waals surface area contributed by atoms with E-state index in [4.69, 9.17) is 21.7 Å². The van der Waals surface area contributed by atoms with Crippen molar-refractivity contribution in [3.8, 4) is 0 Å². The minimum atomic E-state index is -0.933. The van der Waals surface area contributed by atoms with Crippen LogP contribution in [0.2, 0.25) is 0 Å². The number of nitrogens with two attached hydrogens (primary N) is 2. The minimum absolute atomic E-state index is 0.0972. The quantitative estimate of drug-likeness (QED) is 0.374. The monoisotopic (exact) mass is 400 g/mol. The number of rotatable bonds is 9. The molecule has 0 saturated heterocycles. The number of carbonyl (C=O) groups is 3. The van der Waals surface area contributed by atoms with Gasteiger partial charge in [0.25, 0.3) is 0 Å². The van der Waals surface area contributed by atoms with Crippen molar-refractivity contribution >= 4 is 17.7 Å². The Balaban J connectivity index is 0.000000359. The molecule has 2 atom stereocenters. The number of carboxylic acid groups (broad SMARTS) is 2. The van der Waals surface area contributed by atoms with E-state index in [1.807, 2.05) is 6.07 Å². The van der Waals surface area contributed by atoms with Gasteiger partial charge in [-0.05, 0) is 37.9 Å². The predicted molar refractivity (Wildman–Crippen MR) is 111 cm³/mol. The van der Waals surface area contributed by atoms with Gasteiger partial charge in [-0.15, -0.1) is 0 Å². The zero-order chi connectivity index (χ0) is 21.8. The van der Waals surface area contributed by atoms with Crippen LogP contribution in [-0.2, 0) is 9.59 Å². The molecule has 0 amide bonds. The van der Waals surface area contributed by atoms with E-state index in [0.717, 1.165) is 12.8 Å². The zero-order valence-electron chi connectivity index (χ0n) is 16.5. The Bertz CT molecular complexity index is 808. The average Bonchev–Trinajstić information content (AvgIpc) is 2.73. The number of ketones is 1. The minimum Gasteiger partial charge on any atom is -0.481 e. The molecule has 156 valence electrons. The summed E-state index contributed by atoms with van der Waals surface area (Å²) in [5.74, 6) is -2.55. The first-order valence-corrected chi connectivity index (χ1v) is 9.38. The average molecular weight is 400 g/mol. The second-order valence-electron chi connectivity index (χ2n) is 6.61. The van der Waals surface area contributed by atoms with E-state index in [2.05, 4.69) is 0 Å². The van der Waals surface area contributed by atoms with E-state index in [-0.39, 0.29) is 5.78 Å². The van der Waals surface area contributed by atoms with Gasteiger partial charge in [-0.3, -0.25) is 14.4 Å². The molecule has 0 fully saturated rings. The molecule has 2 rings (SSSR count). The normalized spacial score (nSPS) is 12.2. The van der Waals surface area contributed by atoms with E-state index in [1.54, 1.807) is 55.5 Å². The van der Waals surface area contributed by atoms with Crippen LogP contribution in [0.15, 0.2) is 54.6 Å². The highest BCUT2D eigenvalue weighted by atomic mass is 16.4. The number of aliphatic carboxylic acids is 2. The van der Waals surface area contributed by atoms with E-state index in [0.29, 0.717) is 29.7 Å². The van der Waals surface area contributed by atoms with Crippen molar-refractivity contribution in [3.63, 3.8) is 0 Å². The first kappa shape index (κ1) is 24.0. The number of benzene rings is 2. The molecule has 7 heteroatoms. The summed E-state index contributed by atoms with van der Waals surface area (Å²) in [4.78, 5) is 33.3. The molecule has 0 bridgehead atoms. The maximum atomic E-state index is 12.2. The van der Waals surface area contributed by atoms with Crippen molar-refractivity contribution in [2.24, 2.45) is 11.5 Å². The molecule has 0 spiro atoms. The Hall–Kier alpha value is -3.03. The van der Waals surface area contributed by atoms with Gasteiger partial charge in [0, 0.05) is 11.1 Å². The Morgan fingerprint density at radius 2 is 1.52 bits per heavy atom. The van der Waals surface area contributed by atoms with E-state index >= 15 is 0 Å². The fraction of sp³-hybridized carbons (Fsp3) is 0.318. The van der Waals surface area contributed by atoms with Crippen molar-refractivity contribution in [3.05, 3.63) is 71.3 Å². The lowest BCUT2D eigenvalue weighted by Crippen LogP contribution is -2.29. The summed E-state index contributed by atoms with van der Waals surface area (Å²) in [6, 6.07) is 15.0. The van der Waals surface area contributed by atoms with E-state index in [9.17, 15) is 14.4 Å². The van der Waals surface area contributed by atoms with Crippen molar-refractivity contribution < 1.29 is 24.6 Å². The molecule has 2 aromatic carbocycles. The standard InChI is InChI=1S/C16H14O3.C6H14N2O2/c1-11(16(18)19)13-8-5-9-14(10-13)15(17)12-6-3-2-4-7-12;7-4-2-1-3-5(8)6(9)10/h2-11H,1H3,(H,18,19);5H,1-4,7-8H2,(H,9,10)/t11-;/m0./s1. The molecule has 0 heterocycles. The maximum Gasteiger partial charge on any atom is 0.320 e. The van der Waals surface area contributed by atoms with Gasteiger partial charge in [-0.1, -0.05) is 55.0 Å². The molecular weight excluding hydrogens is 372 g/mol. The lowest BCUT2D eigenvalue weighted by molar-refractivity contribution is -0.139. The Kier molecular flexibility index (Phi) is 10.3. The van der Waals surface area contributed by atoms with Crippen molar-refractivity contribution in [2.45, 2.75) is 38.1 Å². The molecule has 2 aromatic rings. The molecule has 0 aliphatic heterocycles. The van der Waals surface area contributed by atoms with Crippen LogP contribution in [0.1, 0.15) is 53.6 Å². The highest BCUT2D eigenvalue weighted by Gasteiger charge is 2.16. The summed E-state index contributed by atoms with van der Waals surface area (Å²) in [6.45, 7) is 2.21. The van der Waals surface area contributed by atoms with Gasteiger partial charge in [0.2, 0.25) is 0 Å². The topological polar surface area (TPSA) is 144 Å². The number of hydrogen-bond donors (Lipinski definition) is 4. The molecule has 0 saturated carbocycles. The molecule has 0 aromatic heterocycles. The Morgan fingerprint density at radius 3 is 2.07 bits per heavy atom. The first-order chi connectivity index (χ1) is 13.8. The van der Waals surface area contributed by atoms with Crippen LogP contribution >= 0.6 is 0 Å². The summed E-state index contributed by atoms with van der Waals surface area (Å²) in [7, 11) is 0. The van der Waals surface area contributed by atoms with Gasteiger partial charge in [0.1, 0.15) is 6.04 Å². The largest absolute Gasteiger partial charge is 0.481 e. The molecule has 6 N–H and O–H groups in total. The molecule has 29 heavy (non-hydrogen) atoms. The van der Waals surface area contributed by atoms with Crippen LogP contribution in [-0.4, -0.2) is 40.5 Å². The highest BCUT2D eigenvalue weighted by molar-refractivity contribution is 6.09. The SMILES string of the molecule is C[C@H](C(=O)O)c1cccc(C(=O)c2ccccc2)c1.NCCCCC(N)C(=O)O. The van der Waals surface area contributed by atoms with Crippen LogP contribution in [0, 0.1) is 0 Å². The predicted octanol–water partition coefficient (Wildman–Crippen LogP) is 2.63. The van der Waals surface area contributed by atoms with Gasteiger partial charge in [-0.25, -0.2) is 0 Å². The zero-order valence-corrected chi connectivity index (χ0v) is 16.5. The number of hydrogen-bond acceptors (Lipinski definition) is 5. The van der Waals surface area contributed by atoms with E-state index < -0.39 is 23.9 Å². The lowest BCUT2D eigenvalue weighted by Gasteiger charge is -2.08. The maximum absolute atomic E-state index is 12.2. The Labute approximate surface area is 170 Å². The third-order valence-electron chi connectivity index (χ3n) is 4.34. The fourth-order valence-corrected chi connectivity index (χ4v) is 2.48. The number of carboxylic acids is 2. The summed E-state index contributed by atoms with van der Waals surface area (Å²) in [6.07, 6.45) is 2.16. The van der Waals surface area contributed by atoms with Gasteiger partial charge >= 0.3 is 11.9 Å². The van der Waals surface area contributed by atoms with E-state index in [1.165, 1.54) is 0 Å². The van der Waals surface area contributed by atoms with Crippen LogP contribution in [0.5, 0.6) is 0 Å². The van der Waals surface area contributed by atoms with Crippen LogP contribution in [0.4, 0.5) is 0 Å². The second-order valence-corrected chi connectivity index (χ2v) is 6.61. The third kappa shape index (κ3) is 8.25. The summed E-state index contributed by atoms with van der Waals surface area (Å²) in [5, 5.41) is 17.3. The lowest BCUT2D eigenvalue weighted by atomic mass is 9.96. The summed E-state index contributed by atoms with van der Waals surface area (Å²) < 4.78 is 0. The fourth-order valence-electron chi connectivity index (χ4n) is 2.48. The summed E-state index contributed by atoms with van der Waals surface area (Å²) >= 11 is 0. The molecule has 0 radical (unpaired) electrons. The van der Waals surface area contributed by atoms with Crippen molar-refractivity contribution in [1.82, 2.24) is 0 Å². The van der Waals surface area contributed by atoms with Crippen molar-refractivity contribution in [2.75, 3.05) is 6.54 Å². The summed E-state index contributed by atoms with van der Waals surface area (Å²) in [5.41, 5.74) is 12.2. The van der Waals surface area contributed by atoms with Gasteiger partial charge < -0.3 is 21.7 Å². The van der Waals surface area contributed by atoms with Crippen molar-refractivity contribution in [1.29, 1.82) is 0 Å². The molecular formula is C22H28N2O5. The van der Waals surface area contributed by atoms with Gasteiger partial charge in [0.05, 0.1) is 5.92 Å². The molecule has 1 unspecified atom stereocenters. The highest BCUT2D eigenvalue weighted by Crippen LogP contribution is 2.18. The Morgan fingerprint density at radius 1 is 0.897 bits per heavy atom. The van der Waals surface area contributed by atoms with Crippen LogP contribution in [0.3, 0.4) is 0 Å². The van der Waals surface area contributed by atoms with Gasteiger partial charge in [0.15, 0.2) is 5.78 Å². The molecule has 7 nitrogen and oxygen atoms in total. The molecule has 0 aliphatic rings. The number of unbranched alkanes of at least 4 members (excludes halogenated alkanes) is 1. The number of carbonyl (C=O) groups excluding carboxylic acids is 1.